The average molecular weight is 280 g/mol. The summed E-state index contributed by atoms with van der Waals surface area (Å²) in [5, 5.41) is 8.76. The van der Waals surface area contributed by atoms with Gasteiger partial charge in [0.1, 0.15) is 11.9 Å². The van der Waals surface area contributed by atoms with Crippen molar-refractivity contribution in [2.24, 2.45) is 0 Å². The van der Waals surface area contributed by atoms with Crippen LogP contribution in [0.25, 0.3) is 11.1 Å². The van der Waals surface area contributed by atoms with Gasteiger partial charge in [-0.05, 0) is 23.8 Å². The molecular formula is C14H8F4N2. The van der Waals surface area contributed by atoms with Crippen molar-refractivity contribution in [2.45, 2.75) is 6.18 Å². The van der Waals surface area contributed by atoms with Crippen LogP contribution in [0, 0.1) is 17.1 Å². The standard InChI is InChI=1S/C14H8F4N2/c15-12-6-13(20)10(5-8(12)7-19)9-3-1-2-4-11(9)14(16,17)18/h1-6H,20H2. The van der Waals surface area contributed by atoms with Crippen LogP contribution in [-0.2, 0) is 6.18 Å². The summed E-state index contributed by atoms with van der Waals surface area (Å²) in [4.78, 5) is 0. The van der Waals surface area contributed by atoms with Crippen molar-refractivity contribution in [2.75, 3.05) is 5.73 Å². The minimum Gasteiger partial charge on any atom is -0.398 e. The number of benzene rings is 2. The Morgan fingerprint density at radius 2 is 1.70 bits per heavy atom. The molecule has 6 heteroatoms. The zero-order valence-electron chi connectivity index (χ0n) is 10.0. The second-order valence-electron chi connectivity index (χ2n) is 4.07. The van der Waals surface area contributed by atoms with Crippen LogP contribution in [-0.4, -0.2) is 0 Å². The number of anilines is 1. The highest BCUT2D eigenvalue weighted by Crippen LogP contribution is 2.39. The molecule has 2 aromatic rings. The maximum atomic E-state index is 13.4. The summed E-state index contributed by atoms with van der Waals surface area (Å²) in [5.74, 6) is -0.863. The molecular weight excluding hydrogens is 272 g/mol. The van der Waals surface area contributed by atoms with Crippen LogP contribution in [0.2, 0.25) is 0 Å². The molecule has 2 nitrogen and oxygen atoms in total. The molecule has 2 aromatic carbocycles. The normalized spacial score (nSPS) is 11.2. The fraction of sp³-hybridized carbons (Fsp3) is 0.0714. The number of nitriles is 1. The van der Waals surface area contributed by atoms with E-state index in [0.717, 1.165) is 18.2 Å². The van der Waals surface area contributed by atoms with Gasteiger partial charge < -0.3 is 5.73 Å². The summed E-state index contributed by atoms with van der Waals surface area (Å²) in [6, 6.07) is 8.25. The zero-order chi connectivity index (χ0) is 14.9. The van der Waals surface area contributed by atoms with Gasteiger partial charge in [0.25, 0.3) is 0 Å². The average Bonchev–Trinajstić information content (AvgIpc) is 2.38. The lowest BCUT2D eigenvalue weighted by molar-refractivity contribution is -0.137. The lowest BCUT2D eigenvalue weighted by Crippen LogP contribution is -2.08. The van der Waals surface area contributed by atoms with Crippen LogP contribution in [0.3, 0.4) is 0 Å². The zero-order valence-corrected chi connectivity index (χ0v) is 10.0. The Morgan fingerprint density at radius 1 is 1.05 bits per heavy atom. The van der Waals surface area contributed by atoms with Crippen LogP contribution in [0.15, 0.2) is 36.4 Å². The van der Waals surface area contributed by atoms with Crippen LogP contribution < -0.4 is 5.73 Å². The molecule has 2 rings (SSSR count). The molecule has 0 aromatic heterocycles. The van der Waals surface area contributed by atoms with E-state index < -0.39 is 17.6 Å². The number of alkyl halides is 3. The van der Waals surface area contributed by atoms with E-state index >= 15 is 0 Å². The molecule has 0 aliphatic carbocycles. The molecule has 0 amide bonds. The summed E-state index contributed by atoms with van der Waals surface area (Å²) in [6.07, 6.45) is -4.57. The number of halogens is 4. The Balaban J connectivity index is 2.73. The van der Waals surface area contributed by atoms with E-state index in [-0.39, 0.29) is 22.4 Å². The van der Waals surface area contributed by atoms with Crippen molar-refractivity contribution in [3.8, 4) is 17.2 Å². The van der Waals surface area contributed by atoms with E-state index in [1.807, 2.05) is 0 Å². The van der Waals surface area contributed by atoms with Gasteiger partial charge in [0.05, 0.1) is 11.1 Å². The summed E-state index contributed by atoms with van der Waals surface area (Å²) in [7, 11) is 0. The van der Waals surface area contributed by atoms with Gasteiger partial charge in [-0.2, -0.15) is 18.4 Å². The Morgan fingerprint density at radius 3 is 2.30 bits per heavy atom. The second-order valence-corrected chi connectivity index (χ2v) is 4.07. The smallest absolute Gasteiger partial charge is 0.398 e. The largest absolute Gasteiger partial charge is 0.417 e. The lowest BCUT2D eigenvalue weighted by Gasteiger charge is -2.14. The third kappa shape index (κ3) is 2.43. The highest BCUT2D eigenvalue weighted by molar-refractivity contribution is 5.80. The van der Waals surface area contributed by atoms with Gasteiger partial charge >= 0.3 is 6.18 Å². The van der Waals surface area contributed by atoms with Gasteiger partial charge in [0, 0.05) is 11.3 Å². The van der Waals surface area contributed by atoms with Crippen LogP contribution in [0.1, 0.15) is 11.1 Å². The van der Waals surface area contributed by atoms with Crippen molar-refractivity contribution >= 4 is 5.69 Å². The van der Waals surface area contributed by atoms with Gasteiger partial charge in [-0.3, -0.25) is 0 Å². The maximum Gasteiger partial charge on any atom is 0.417 e. The molecule has 0 saturated heterocycles. The first kappa shape index (κ1) is 13.9. The Bertz CT molecular complexity index is 699. The summed E-state index contributed by atoms with van der Waals surface area (Å²) >= 11 is 0. The van der Waals surface area contributed by atoms with Gasteiger partial charge in [-0.15, -0.1) is 0 Å². The monoisotopic (exact) mass is 280 g/mol. The van der Waals surface area contributed by atoms with Gasteiger partial charge in [0.2, 0.25) is 0 Å². The quantitative estimate of drug-likeness (QED) is 0.634. The summed E-state index contributed by atoms with van der Waals surface area (Å²) < 4.78 is 52.2. The minimum absolute atomic E-state index is 0.0177. The fourth-order valence-corrected chi connectivity index (χ4v) is 1.87. The van der Waals surface area contributed by atoms with E-state index in [4.69, 9.17) is 11.0 Å². The number of nitrogen functional groups attached to an aromatic ring is 1. The molecule has 0 fully saturated rings. The first-order valence-electron chi connectivity index (χ1n) is 5.50. The molecule has 0 aliphatic heterocycles. The Hall–Kier alpha value is -2.55. The molecule has 0 spiro atoms. The van der Waals surface area contributed by atoms with E-state index in [2.05, 4.69) is 0 Å². The van der Waals surface area contributed by atoms with Crippen molar-refractivity contribution in [3.05, 3.63) is 53.3 Å². The SMILES string of the molecule is N#Cc1cc(-c2ccccc2C(F)(F)F)c(N)cc1F. The van der Waals surface area contributed by atoms with Crippen LogP contribution in [0.5, 0.6) is 0 Å². The maximum absolute atomic E-state index is 13.4. The van der Waals surface area contributed by atoms with Gasteiger partial charge in [-0.25, -0.2) is 4.39 Å². The lowest BCUT2D eigenvalue weighted by atomic mass is 9.96. The number of rotatable bonds is 1. The van der Waals surface area contributed by atoms with Gasteiger partial charge in [0.15, 0.2) is 0 Å². The first-order valence-corrected chi connectivity index (χ1v) is 5.50. The van der Waals surface area contributed by atoms with Crippen molar-refractivity contribution in [1.29, 1.82) is 5.26 Å². The van der Waals surface area contributed by atoms with E-state index in [0.29, 0.717) is 0 Å². The molecule has 0 saturated carbocycles. The third-order valence-electron chi connectivity index (χ3n) is 2.78. The molecule has 102 valence electrons. The third-order valence-corrected chi connectivity index (χ3v) is 2.78. The molecule has 0 radical (unpaired) electrons. The van der Waals surface area contributed by atoms with Gasteiger partial charge in [-0.1, -0.05) is 18.2 Å². The summed E-state index contributed by atoms with van der Waals surface area (Å²) in [6.45, 7) is 0. The number of nitrogens with zero attached hydrogens (tertiary/aromatic N) is 1. The topological polar surface area (TPSA) is 49.8 Å². The predicted octanol–water partition coefficient (Wildman–Crippen LogP) is 3.97. The summed E-state index contributed by atoms with van der Waals surface area (Å²) in [5.41, 5.74) is 3.97. The molecule has 0 aliphatic rings. The molecule has 0 atom stereocenters. The second kappa shape index (κ2) is 4.85. The predicted molar refractivity (Wildman–Crippen MR) is 66.0 cm³/mol. The highest BCUT2D eigenvalue weighted by atomic mass is 19.4. The minimum atomic E-state index is -4.57. The molecule has 2 N–H and O–H groups in total. The Labute approximate surface area is 112 Å². The first-order chi connectivity index (χ1) is 9.34. The van der Waals surface area contributed by atoms with Crippen LogP contribution >= 0.6 is 0 Å². The molecule has 20 heavy (non-hydrogen) atoms. The van der Waals surface area contributed by atoms with Crippen molar-refractivity contribution in [1.82, 2.24) is 0 Å². The van der Waals surface area contributed by atoms with E-state index in [1.165, 1.54) is 18.2 Å². The van der Waals surface area contributed by atoms with Crippen molar-refractivity contribution < 1.29 is 17.6 Å². The van der Waals surface area contributed by atoms with E-state index in [1.54, 1.807) is 6.07 Å². The fourth-order valence-electron chi connectivity index (χ4n) is 1.87. The number of nitrogens with two attached hydrogens (primary N) is 1. The number of hydrogen-bond acceptors (Lipinski definition) is 2. The highest BCUT2D eigenvalue weighted by Gasteiger charge is 2.33. The number of hydrogen-bond donors (Lipinski definition) is 1. The van der Waals surface area contributed by atoms with Crippen LogP contribution in [0.4, 0.5) is 23.2 Å². The molecule has 0 unspecified atom stereocenters. The molecule has 0 heterocycles. The Kier molecular flexibility index (Phi) is 3.36. The van der Waals surface area contributed by atoms with E-state index in [9.17, 15) is 17.6 Å². The van der Waals surface area contributed by atoms with Crippen molar-refractivity contribution in [3.63, 3.8) is 0 Å². The molecule has 0 bridgehead atoms.